The Balaban J connectivity index is 2.20. The van der Waals surface area contributed by atoms with Gasteiger partial charge in [-0.15, -0.1) is 0 Å². The Morgan fingerprint density at radius 1 is 0.962 bits per heavy atom. The summed E-state index contributed by atoms with van der Waals surface area (Å²) in [7, 11) is 1.80. The zero-order chi connectivity index (χ0) is 19.3. The highest BCUT2D eigenvalue weighted by Gasteiger charge is 2.20. The molecule has 2 aromatic rings. The molecule has 0 radical (unpaired) electrons. The summed E-state index contributed by atoms with van der Waals surface area (Å²) in [6.07, 6.45) is 0. The lowest BCUT2D eigenvalue weighted by molar-refractivity contribution is -0.0258. The number of carbonyl (C=O) groups is 1. The van der Waals surface area contributed by atoms with Crippen molar-refractivity contribution in [1.82, 2.24) is 4.47 Å². The van der Waals surface area contributed by atoms with E-state index in [-0.39, 0.29) is 10.8 Å². The van der Waals surface area contributed by atoms with Gasteiger partial charge in [0.1, 0.15) is 11.5 Å². The maximum Gasteiger partial charge on any atom is 0.264 e. The fraction of sp³-hybridized carbons (Fsp3) is 0.235. The first kappa shape index (κ1) is 19.7. The lowest BCUT2D eigenvalue weighted by atomic mass is 10.2. The second-order valence-electron chi connectivity index (χ2n) is 5.18. The molecule has 0 spiro atoms. The summed E-state index contributed by atoms with van der Waals surface area (Å²) < 4.78 is 35.3. The van der Waals surface area contributed by atoms with E-state index in [1.54, 1.807) is 18.2 Å². The van der Waals surface area contributed by atoms with E-state index in [0.717, 1.165) is 4.47 Å². The molecular weight excluding hydrogens is 360 g/mol. The van der Waals surface area contributed by atoms with Crippen LogP contribution < -0.4 is 14.8 Å². The van der Waals surface area contributed by atoms with Crippen LogP contribution >= 0.6 is 0 Å². The van der Waals surface area contributed by atoms with Gasteiger partial charge in [-0.1, -0.05) is 4.47 Å². The molecule has 0 aliphatic carbocycles. The van der Waals surface area contributed by atoms with Gasteiger partial charge in [0.25, 0.3) is 15.9 Å². The van der Waals surface area contributed by atoms with Gasteiger partial charge in [-0.25, -0.2) is 8.42 Å². The predicted molar refractivity (Wildman–Crippen MR) is 95.9 cm³/mol. The second-order valence-corrected chi connectivity index (χ2v) is 7.11. The zero-order valence-corrected chi connectivity index (χ0v) is 15.7. The first-order valence-electron chi connectivity index (χ1n) is 7.49. The molecule has 0 aromatic heterocycles. The van der Waals surface area contributed by atoms with Gasteiger partial charge >= 0.3 is 0 Å². The van der Waals surface area contributed by atoms with Gasteiger partial charge in [-0.05, 0) is 36.4 Å². The summed E-state index contributed by atoms with van der Waals surface area (Å²) in [6, 6.07) is 10.5. The normalized spacial score (nSPS) is 11.3. The van der Waals surface area contributed by atoms with Gasteiger partial charge < -0.3 is 14.8 Å². The summed E-state index contributed by atoms with van der Waals surface area (Å²) in [5.74, 6) is 0.587. The molecule has 26 heavy (non-hydrogen) atoms. The molecule has 1 N–H and O–H groups in total. The Morgan fingerprint density at radius 2 is 1.50 bits per heavy atom. The van der Waals surface area contributed by atoms with Gasteiger partial charge in [0, 0.05) is 24.4 Å². The zero-order valence-electron chi connectivity index (χ0n) is 14.8. The molecule has 0 saturated heterocycles. The summed E-state index contributed by atoms with van der Waals surface area (Å²) >= 11 is 0. The predicted octanol–water partition coefficient (Wildman–Crippen LogP) is 2.14. The first-order chi connectivity index (χ1) is 12.3. The van der Waals surface area contributed by atoms with Crippen LogP contribution in [0.25, 0.3) is 0 Å². The van der Waals surface area contributed by atoms with E-state index in [0.29, 0.717) is 22.7 Å². The van der Waals surface area contributed by atoms with Crippen LogP contribution in [0.3, 0.4) is 0 Å². The number of ether oxygens (including phenoxy) is 2. The van der Waals surface area contributed by atoms with Crippen molar-refractivity contribution in [3.63, 3.8) is 0 Å². The van der Waals surface area contributed by atoms with Crippen molar-refractivity contribution < 1.29 is 27.5 Å². The lowest BCUT2D eigenvalue weighted by Crippen LogP contribution is -2.25. The molecule has 0 aliphatic heterocycles. The minimum atomic E-state index is -3.74. The first-order valence-corrected chi connectivity index (χ1v) is 8.93. The molecule has 2 rings (SSSR count). The molecule has 2 aromatic carbocycles. The topological polar surface area (TPSA) is 94.2 Å². The highest BCUT2D eigenvalue weighted by Crippen LogP contribution is 2.24. The quantitative estimate of drug-likeness (QED) is 0.740. The number of sulfonamides is 1. The van der Waals surface area contributed by atoms with Crippen LogP contribution in [0, 0.1) is 0 Å². The highest BCUT2D eigenvalue weighted by molar-refractivity contribution is 7.89. The van der Waals surface area contributed by atoms with Crippen molar-refractivity contribution in [3.05, 3.63) is 48.0 Å². The van der Waals surface area contributed by atoms with E-state index in [2.05, 4.69) is 5.32 Å². The minimum absolute atomic E-state index is 0.0444. The fourth-order valence-corrected chi connectivity index (χ4v) is 3.07. The summed E-state index contributed by atoms with van der Waals surface area (Å²) in [5, 5.41) is 2.69. The molecule has 0 unspecified atom stereocenters. The van der Waals surface area contributed by atoms with Crippen molar-refractivity contribution in [1.29, 1.82) is 0 Å². The van der Waals surface area contributed by atoms with E-state index in [4.69, 9.17) is 14.3 Å². The van der Waals surface area contributed by atoms with Crippen molar-refractivity contribution in [2.24, 2.45) is 0 Å². The number of nitrogens with zero attached hydrogens (tertiary/aromatic N) is 1. The number of hydroxylamine groups is 1. The third kappa shape index (κ3) is 4.31. The minimum Gasteiger partial charge on any atom is -0.497 e. The SMILES string of the molecule is COc1cc(OC)cc(C(=O)Nc2ccc(S(=O)(=O)N(C)OC)cc2)c1. The molecule has 1 amide bonds. The molecule has 0 atom stereocenters. The van der Waals surface area contributed by atoms with Crippen LogP contribution in [0.1, 0.15) is 10.4 Å². The monoisotopic (exact) mass is 380 g/mol. The Labute approximate surface area is 152 Å². The number of nitrogens with one attached hydrogen (secondary N) is 1. The largest absolute Gasteiger partial charge is 0.497 e. The van der Waals surface area contributed by atoms with Crippen LogP contribution in [0.5, 0.6) is 11.5 Å². The summed E-state index contributed by atoms with van der Waals surface area (Å²) in [6.45, 7) is 0. The number of rotatable bonds is 7. The average molecular weight is 380 g/mol. The number of amides is 1. The van der Waals surface area contributed by atoms with Crippen molar-refractivity contribution >= 4 is 21.6 Å². The Hall–Kier alpha value is -2.62. The lowest BCUT2D eigenvalue weighted by Gasteiger charge is -2.14. The molecule has 0 aliphatic rings. The van der Waals surface area contributed by atoms with E-state index in [9.17, 15) is 13.2 Å². The van der Waals surface area contributed by atoms with Crippen LogP contribution in [-0.4, -0.2) is 47.2 Å². The van der Waals surface area contributed by atoms with Crippen LogP contribution in [-0.2, 0) is 14.9 Å². The van der Waals surface area contributed by atoms with Crippen LogP contribution in [0.4, 0.5) is 5.69 Å². The molecule has 0 heterocycles. The Bertz CT molecular complexity index is 858. The molecule has 140 valence electrons. The number of hydrogen-bond acceptors (Lipinski definition) is 6. The third-order valence-corrected chi connectivity index (χ3v) is 5.31. The van der Waals surface area contributed by atoms with Crippen molar-refractivity contribution in [3.8, 4) is 11.5 Å². The molecule has 0 saturated carbocycles. The van der Waals surface area contributed by atoms with Gasteiger partial charge in [-0.2, -0.15) is 0 Å². The van der Waals surface area contributed by atoms with E-state index < -0.39 is 10.0 Å². The van der Waals surface area contributed by atoms with E-state index >= 15 is 0 Å². The maximum absolute atomic E-state index is 12.4. The Morgan fingerprint density at radius 3 is 1.96 bits per heavy atom. The van der Waals surface area contributed by atoms with Crippen molar-refractivity contribution in [2.45, 2.75) is 4.90 Å². The van der Waals surface area contributed by atoms with Gasteiger partial charge in [0.2, 0.25) is 0 Å². The molecule has 9 heteroatoms. The van der Waals surface area contributed by atoms with Crippen molar-refractivity contribution in [2.75, 3.05) is 33.7 Å². The van der Waals surface area contributed by atoms with Crippen LogP contribution in [0.2, 0.25) is 0 Å². The smallest absolute Gasteiger partial charge is 0.264 e. The molecular formula is C17H20N2O6S. The second kappa shape index (κ2) is 8.17. The van der Waals surface area contributed by atoms with Gasteiger partial charge in [-0.3, -0.25) is 9.63 Å². The fourth-order valence-electron chi connectivity index (χ4n) is 2.10. The Kier molecular flexibility index (Phi) is 6.19. The highest BCUT2D eigenvalue weighted by atomic mass is 32.2. The number of hydrogen-bond donors (Lipinski definition) is 1. The van der Waals surface area contributed by atoms with Gasteiger partial charge in [0.15, 0.2) is 0 Å². The summed E-state index contributed by atoms with van der Waals surface area (Å²) in [5.41, 5.74) is 0.785. The summed E-state index contributed by atoms with van der Waals surface area (Å²) in [4.78, 5) is 17.2. The van der Waals surface area contributed by atoms with Gasteiger partial charge in [0.05, 0.1) is 26.2 Å². The third-order valence-electron chi connectivity index (χ3n) is 3.62. The number of methoxy groups -OCH3 is 2. The molecule has 8 nitrogen and oxygen atoms in total. The molecule has 0 bridgehead atoms. The maximum atomic E-state index is 12.4. The average Bonchev–Trinajstić information content (AvgIpc) is 2.67. The number of anilines is 1. The molecule has 0 fully saturated rings. The number of carbonyl (C=O) groups excluding carboxylic acids is 1. The number of benzene rings is 2. The van der Waals surface area contributed by atoms with E-state index in [1.807, 2.05) is 0 Å². The van der Waals surface area contributed by atoms with Crippen LogP contribution in [0.15, 0.2) is 47.4 Å². The standard InChI is InChI=1S/C17H20N2O6S/c1-19(25-4)26(21,22)16-7-5-13(6-8-16)18-17(20)12-9-14(23-2)11-15(10-12)24-3/h5-11H,1-4H3,(H,18,20). The van der Waals surface area contributed by atoms with E-state index in [1.165, 1.54) is 52.6 Å².